The van der Waals surface area contributed by atoms with E-state index in [2.05, 4.69) is 50.4 Å². The third-order valence-corrected chi connectivity index (χ3v) is 7.77. The number of hydrogen-bond donors (Lipinski definition) is 3. The van der Waals surface area contributed by atoms with Crippen molar-refractivity contribution in [1.82, 2.24) is 15.0 Å². The van der Waals surface area contributed by atoms with Crippen LogP contribution in [0.4, 0.5) is 33.3 Å². The minimum absolute atomic E-state index is 0. The number of carbonyl (C=O) groups is 1. The summed E-state index contributed by atoms with van der Waals surface area (Å²) in [6.07, 6.45) is -1.18. The molecule has 2 heterocycles. The van der Waals surface area contributed by atoms with E-state index in [1.807, 2.05) is 0 Å². The molecule has 0 unspecified atom stereocenters. The Bertz CT molecular complexity index is 2020. The van der Waals surface area contributed by atoms with Crippen molar-refractivity contribution in [1.29, 1.82) is 0 Å². The van der Waals surface area contributed by atoms with Gasteiger partial charge in [0, 0.05) is 29.1 Å². The molecule has 0 aliphatic carbocycles. The Labute approximate surface area is 353 Å². The summed E-state index contributed by atoms with van der Waals surface area (Å²) in [5, 5.41) is 48.5. The number of amidine groups is 1. The van der Waals surface area contributed by atoms with Gasteiger partial charge in [-0.25, -0.2) is 13.2 Å². The number of morpholine rings is 1. The van der Waals surface area contributed by atoms with E-state index in [-0.39, 0.29) is 104 Å². The average molecular weight is 824 g/mol. The molecule has 3 aromatic carbocycles. The quantitative estimate of drug-likeness (QED) is 0.0151. The number of halogens is 1. The first-order valence-corrected chi connectivity index (χ1v) is 15.8. The molecule has 0 atom stereocenters. The molecule has 1 aromatic heterocycles. The Morgan fingerprint density at radius 3 is 2.44 bits per heavy atom. The first kappa shape index (κ1) is 45.3. The summed E-state index contributed by atoms with van der Waals surface area (Å²) in [5.74, 6) is -2.85. The van der Waals surface area contributed by atoms with Crippen molar-refractivity contribution in [3.05, 3.63) is 83.3 Å². The summed E-state index contributed by atoms with van der Waals surface area (Å²) in [7, 11) is -5.14. The van der Waals surface area contributed by atoms with Gasteiger partial charge < -0.3 is 45.5 Å². The SMILES string of the molecule is O=C(O)c1cc(SOO[O-])ccc1[N-]/N=C(\N=Nc1cc(S(=O)(=O)[O-])cc(Nc2nc(F)nc(N3CCOCC3)n2)c1O)c1ccccc1.[Cu+].[Na+].[Na+]. The van der Waals surface area contributed by atoms with E-state index in [9.17, 15) is 37.6 Å². The number of phenolic OH excluding ortho intramolecular Hbond substituents is 1. The van der Waals surface area contributed by atoms with Crippen LogP contribution in [0.1, 0.15) is 15.9 Å². The maximum atomic E-state index is 14.4. The van der Waals surface area contributed by atoms with Crippen LogP contribution in [-0.2, 0) is 41.3 Å². The number of anilines is 3. The molecule has 266 valence electrons. The molecule has 1 fully saturated rings. The van der Waals surface area contributed by atoms with Crippen molar-refractivity contribution in [2.45, 2.75) is 9.79 Å². The number of carboxylic acid groups (broad SMARTS) is 1. The van der Waals surface area contributed by atoms with Gasteiger partial charge in [0.25, 0.3) is 0 Å². The smallest absolute Gasteiger partial charge is 0.744 e. The van der Waals surface area contributed by atoms with Crippen LogP contribution in [0.15, 0.2) is 85.8 Å². The number of nitrogens with zero attached hydrogens (tertiary/aromatic N) is 8. The fourth-order valence-electron chi connectivity index (χ4n) is 4.13. The summed E-state index contributed by atoms with van der Waals surface area (Å²) >= 11 is 0.462. The van der Waals surface area contributed by atoms with Gasteiger partial charge in [-0.15, -0.1) is 15.9 Å². The van der Waals surface area contributed by atoms with Gasteiger partial charge in [-0.3, -0.25) is 5.04 Å². The summed E-state index contributed by atoms with van der Waals surface area (Å²) in [6.45, 7) is 1.40. The molecule has 19 nitrogen and oxygen atoms in total. The number of aromatic nitrogens is 3. The molecule has 1 saturated heterocycles. The number of aromatic carboxylic acids is 1. The normalized spacial score (nSPS) is 13.1. The number of hydrogen-bond acceptors (Lipinski definition) is 17. The Hall–Kier alpha value is -2.84. The van der Waals surface area contributed by atoms with Gasteiger partial charge in [0.15, 0.2) is 11.6 Å². The zero-order chi connectivity index (χ0) is 35.0. The van der Waals surface area contributed by atoms with Crippen LogP contribution < -0.4 is 74.6 Å². The molecule has 5 rings (SSSR count). The molecule has 0 spiro atoms. The van der Waals surface area contributed by atoms with E-state index in [1.165, 1.54) is 12.1 Å². The van der Waals surface area contributed by atoms with Crippen molar-refractivity contribution < 1.29 is 128 Å². The Morgan fingerprint density at radius 2 is 1.79 bits per heavy atom. The van der Waals surface area contributed by atoms with Crippen LogP contribution >= 0.6 is 12.0 Å². The van der Waals surface area contributed by atoms with Crippen molar-refractivity contribution >= 4 is 62.9 Å². The van der Waals surface area contributed by atoms with E-state index in [1.54, 1.807) is 35.2 Å². The largest absolute Gasteiger partial charge is 1.00 e. The molecular formula is C27H21CuFN9Na2O10S2. The Balaban J connectivity index is 0.00000312. The molecule has 0 amide bonds. The molecule has 25 heteroatoms. The van der Waals surface area contributed by atoms with Crippen molar-refractivity contribution in [2.75, 3.05) is 36.5 Å². The second kappa shape index (κ2) is 21.2. The zero-order valence-electron chi connectivity index (χ0n) is 26.8. The summed E-state index contributed by atoms with van der Waals surface area (Å²) in [4.78, 5) is 24.2. The third kappa shape index (κ3) is 12.4. The molecule has 3 N–H and O–H groups in total. The molecule has 0 radical (unpaired) electrons. The van der Waals surface area contributed by atoms with Gasteiger partial charge in [-0.2, -0.15) is 23.7 Å². The van der Waals surface area contributed by atoms with Crippen molar-refractivity contribution in [3.63, 3.8) is 0 Å². The van der Waals surface area contributed by atoms with Crippen LogP contribution in [0, 0.1) is 6.08 Å². The maximum absolute atomic E-state index is 14.4. The van der Waals surface area contributed by atoms with E-state index in [4.69, 9.17) is 4.74 Å². The van der Waals surface area contributed by atoms with E-state index >= 15 is 0 Å². The van der Waals surface area contributed by atoms with Crippen molar-refractivity contribution in [2.24, 2.45) is 15.3 Å². The molecule has 0 saturated carbocycles. The molecule has 0 bridgehead atoms. The monoisotopic (exact) mass is 823 g/mol. The number of benzene rings is 3. The molecule has 1 aliphatic rings. The number of phenols is 1. The average Bonchev–Trinajstić information content (AvgIpc) is 3.09. The fourth-order valence-corrected chi connectivity index (χ4v) is 5.05. The summed E-state index contributed by atoms with van der Waals surface area (Å²) in [5.41, 5.74) is 2.82. The van der Waals surface area contributed by atoms with Gasteiger partial charge in [0.05, 0.1) is 35.8 Å². The second-order valence-electron chi connectivity index (χ2n) is 9.54. The molecule has 1 aliphatic heterocycles. The number of ether oxygens (including phenoxy) is 1. The molecule has 4 aromatic rings. The van der Waals surface area contributed by atoms with Gasteiger partial charge in [-0.1, -0.05) is 36.4 Å². The summed E-state index contributed by atoms with van der Waals surface area (Å²) in [6, 6.07) is 13.3. The van der Waals surface area contributed by atoms with Crippen LogP contribution in [0.25, 0.3) is 5.43 Å². The standard InChI is InChI=1S/C27H24FN9O10S2.Cu.2Na/c28-25-30-26(32-27(31-25)37-8-10-45-11-9-37)29-20-13-17(49(42,43)44)14-21(22(20)38)34-36-23(15-4-2-1-3-5-15)35-33-19-7-6-16(48-47-46-41)12-18(19)24(39)40;;;/h1-7,12-14H,8-11H2,(H6,29,30,31,32,33,34,35,36,38,39,40,41,42,43,44);;;/q;3*+1/p-3. The maximum Gasteiger partial charge on any atom is 1.00 e. The second-order valence-corrected chi connectivity index (χ2v) is 11.7. The summed E-state index contributed by atoms with van der Waals surface area (Å²) < 4.78 is 59.9. The van der Waals surface area contributed by atoms with Gasteiger partial charge in [0.2, 0.25) is 11.9 Å². The van der Waals surface area contributed by atoms with E-state index < -0.39 is 50.1 Å². The number of carboxylic acids is 1. The van der Waals surface area contributed by atoms with Gasteiger partial charge in [0.1, 0.15) is 15.8 Å². The molecular weight excluding hydrogens is 803 g/mol. The number of azo groups is 1. The van der Waals surface area contributed by atoms with Gasteiger partial charge in [-0.05, 0) is 24.3 Å². The Morgan fingerprint density at radius 1 is 1.08 bits per heavy atom. The third-order valence-electron chi connectivity index (χ3n) is 6.38. The first-order chi connectivity index (χ1) is 23.5. The van der Waals surface area contributed by atoms with Crippen LogP contribution in [0.2, 0.25) is 0 Å². The fraction of sp³-hybridized carbons (Fsp3) is 0.148. The Kier molecular flexibility index (Phi) is 18.4. The first-order valence-electron chi connectivity index (χ1n) is 13.6. The van der Waals surface area contributed by atoms with Crippen LogP contribution in [0.3, 0.4) is 0 Å². The van der Waals surface area contributed by atoms with Crippen LogP contribution in [-0.4, -0.2) is 76.2 Å². The predicted octanol–water partition coefficient (Wildman–Crippen LogP) is -2.71. The minimum atomic E-state index is -5.14. The van der Waals surface area contributed by atoms with Gasteiger partial charge >= 0.3 is 88.2 Å². The minimum Gasteiger partial charge on any atom is -0.744 e. The predicted molar refractivity (Wildman–Crippen MR) is 164 cm³/mol. The van der Waals surface area contributed by atoms with Crippen LogP contribution in [0.5, 0.6) is 5.75 Å². The molecule has 52 heavy (non-hydrogen) atoms. The van der Waals surface area contributed by atoms with Crippen molar-refractivity contribution in [3.8, 4) is 5.75 Å². The van der Waals surface area contributed by atoms with E-state index in [0.29, 0.717) is 43.9 Å². The number of nitrogens with one attached hydrogen (secondary N) is 1. The van der Waals surface area contributed by atoms with E-state index in [0.717, 1.165) is 18.2 Å². The number of aromatic hydroxyl groups is 1. The topological polar surface area (TPSA) is 271 Å². The zero-order valence-corrected chi connectivity index (χ0v) is 33.4. The number of rotatable bonds is 12.